The minimum atomic E-state index is -0.501. The third kappa shape index (κ3) is 4.40. The number of hydrogen-bond acceptors (Lipinski definition) is 6. The molecule has 8 nitrogen and oxygen atoms in total. The number of oxazole rings is 1. The van der Waals surface area contributed by atoms with Crippen molar-refractivity contribution in [2.24, 2.45) is 0 Å². The van der Waals surface area contributed by atoms with Crippen LogP contribution >= 0.6 is 11.6 Å². The molecule has 0 aliphatic rings. The highest BCUT2D eigenvalue weighted by atomic mass is 35.5. The second kappa shape index (κ2) is 8.68. The molecule has 0 aliphatic heterocycles. The number of nitro groups is 1. The number of benzene rings is 3. The molecule has 1 amide bonds. The molecule has 0 bridgehead atoms. The van der Waals surface area contributed by atoms with Crippen LogP contribution in [0.1, 0.15) is 11.1 Å². The lowest BCUT2D eigenvalue weighted by atomic mass is 10.1. The van der Waals surface area contributed by atoms with Gasteiger partial charge in [-0.25, -0.2) is 4.98 Å². The first-order chi connectivity index (χ1) is 15.3. The van der Waals surface area contributed by atoms with E-state index in [0.717, 1.165) is 11.1 Å². The lowest BCUT2D eigenvalue weighted by Crippen LogP contribution is -2.20. The van der Waals surface area contributed by atoms with E-state index in [0.29, 0.717) is 27.5 Å². The molecule has 4 rings (SSSR count). The summed E-state index contributed by atoms with van der Waals surface area (Å²) >= 11 is 6.17. The molecular formula is C23H18ClN3O5. The zero-order valence-electron chi connectivity index (χ0n) is 17.2. The quantitative estimate of drug-likeness (QED) is 0.298. The van der Waals surface area contributed by atoms with Crippen LogP contribution in [0.4, 0.5) is 11.4 Å². The minimum Gasteiger partial charge on any atom is -0.484 e. The predicted octanol–water partition coefficient (Wildman–Crippen LogP) is 5.69. The maximum Gasteiger partial charge on any atom is 0.273 e. The number of carbonyl (C=O) groups is 1. The van der Waals surface area contributed by atoms with Crippen LogP contribution in [0.3, 0.4) is 0 Å². The molecule has 0 saturated carbocycles. The highest BCUT2D eigenvalue weighted by Crippen LogP contribution is 2.31. The minimum absolute atomic E-state index is 0.0911. The number of ether oxygens (including phenoxy) is 1. The van der Waals surface area contributed by atoms with Crippen molar-refractivity contribution in [3.8, 4) is 17.2 Å². The monoisotopic (exact) mass is 451 g/mol. The zero-order chi connectivity index (χ0) is 22.8. The van der Waals surface area contributed by atoms with Crippen molar-refractivity contribution in [1.82, 2.24) is 4.98 Å². The third-order valence-corrected chi connectivity index (χ3v) is 5.39. The number of non-ortho nitro benzene ring substituents is 1. The van der Waals surface area contributed by atoms with E-state index in [9.17, 15) is 14.9 Å². The molecule has 0 unspecified atom stereocenters. The molecule has 162 valence electrons. The van der Waals surface area contributed by atoms with Gasteiger partial charge in [0.25, 0.3) is 11.6 Å². The maximum atomic E-state index is 12.5. The summed E-state index contributed by atoms with van der Waals surface area (Å²) in [6, 6.07) is 14.7. The summed E-state index contributed by atoms with van der Waals surface area (Å²) < 4.78 is 11.3. The second-order valence-electron chi connectivity index (χ2n) is 7.18. The van der Waals surface area contributed by atoms with Gasteiger partial charge in [-0.2, -0.15) is 0 Å². The van der Waals surface area contributed by atoms with E-state index < -0.39 is 4.92 Å². The van der Waals surface area contributed by atoms with Crippen LogP contribution in [0.15, 0.2) is 59.0 Å². The fraction of sp³-hybridized carbons (Fsp3) is 0.130. The third-order valence-electron chi connectivity index (χ3n) is 4.79. The standard InChI is InChI=1S/C23H18ClN3O5/c1-13-9-16(10-14(2)22(13)24)31-12-21(28)25-18-6-4-3-5-17(18)23-26-19-8-7-15(27(29)30)11-20(19)32-23/h3-11H,12H2,1-2H3,(H,25,28). The van der Waals surface area contributed by atoms with E-state index in [1.54, 1.807) is 36.4 Å². The summed E-state index contributed by atoms with van der Waals surface area (Å²) in [5, 5.41) is 14.5. The van der Waals surface area contributed by atoms with Crippen LogP contribution in [0, 0.1) is 24.0 Å². The van der Waals surface area contributed by atoms with Crippen molar-refractivity contribution in [2.45, 2.75) is 13.8 Å². The summed E-state index contributed by atoms with van der Waals surface area (Å²) in [5.41, 5.74) is 3.41. The van der Waals surface area contributed by atoms with Gasteiger partial charge in [0.1, 0.15) is 11.3 Å². The summed E-state index contributed by atoms with van der Waals surface area (Å²) in [7, 11) is 0. The molecule has 0 aliphatic carbocycles. The molecular weight excluding hydrogens is 434 g/mol. The number of aryl methyl sites for hydroxylation is 2. The van der Waals surface area contributed by atoms with Crippen molar-refractivity contribution in [3.63, 3.8) is 0 Å². The van der Waals surface area contributed by atoms with Gasteiger partial charge in [0.05, 0.1) is 22.2 Å². The molecule has 9 heteroatoms. The fourth-order valence-electron chi connectivity index (χ4n) is 3.25. The molecule has 32 heavy (non-hydrogen) atoms. The Hall–Kier alpha value is -3.91. The first-order valence-electron chi connectivity index (χ1n) is 9.65. The first-order valence-corrected chi connectivity index (χ1v) is 10.0. The lowest BCUT2D eigenvalue weighted by Gasteiger charge is -2.11. The molecule has 0 radical (unpaired) electrons. The second-order valence-corrected chi connectivity index (χ2v) is 7.56. The molecule has 0 spiro atoms. The van der Waals surface area contributed by atoms with Gasteiger partial charge in [0.2, 0.25) is 5.89 Å². The van der Waals surface area contributed by atoms with Crippen LogP contribution in [0.5, 0.6) is 5.75 Å². The van der Waals surface area contributed by atoms with Gasteiger partial charge in [-0.1, -0.05) is 23.7 Å². The van der Waals surface area contributed by atoms with Crippen LogP contribution in [-0.4, -0.2) is 22.4 Å². The molecule has 0 atom stereocenters. The van der Waals surface area contributed by atoms with E-state index in [2.05, 4.69) is 10.3 Å². The molecule has 1 aromatic heterocycles. The van der Waals surface area contributed by atoms with Gasteiger partial charge in [-0.3, -0.25) is 14.9 Å². The Morgan fingerprint density at radius 2 is 1.88 bits per heavy atom. The van der Waals surface area contributed by atoms with Gasteiger partial charge in [-0.05, 0) is 55.3 Å². The molecule has 1 N–H and O–H groups in total. The SMILES string of the molecule is Cc1cc(OCC(=O)Nc2ccccc2-c2nc3ccc([N+](=O)[O-])cc3o2)cc(C)c1Cl. The van der Waals surface area contributed by atoms with Crippen LogP contribution < -0.4 is 10.1 Å². The van der Waals surface area contributed by atoms with E-state index in [1.165, 1.54) is 18.2 Å². The number of anilines is 1. The average molecular weight is 452 g/mol. The number of nitro benzene ring substituents is 1. The van der Waals surface area contributed by atoms with Crippen LogP contribution in [0.2, 0.25) is 5.02 Å². The number of amides is 1. The van der Waals surface area contributed by atoms with Crippen molar-refractivity contribution in [1.29, 1.82) is 0 Å². The van der Waals surface area contributed by atoms with Crippen LogP contribution in [-0.2, 0) is 4.79 Å². The molecule has 1 heterocycles. The number of carbonyl (C=O) groups excluding carboxylic acids is 1. The Kier molecular flexibility index (Phi) is 5.79. The van der Waals surface area contributed by atoms with Crippen molar-refractivity contribution < 1.29 is 18.9 Å². The van der Waals surface area contributed by atoms with E-state index in [-0.39, 0.29) is 29.7 Å². The Labute approximate surface area is 187 Å². The highest BCUT2D eigenvalue weighted by Gasteiger charge is 2.16. The van der Waals surface area contributed by atoms with Crippen molar-refractivity contribution >= 4 is 40.0 Å². The number of hydrogen-bond donors (Lipinski definition) is 1. The summed E-state index contributed by atoms with van der Waals surface area (Å²) in [5.74, 6) is 0.420. The summed E-state index contributed by atoms with van der Waals surface area (Å²) in [4.78, 5) is 27.4. The Balaban J connectivity index is 1.53. The smallest absolute Gasteiger partial charge is 0.273 e. The van der Waals surface area contributed by atoms with Crippen LogP contribution in [0.25, 0.3) is 22.6 Å². The zero-order valence-corrected chi connectivity index (χ0v) is 18.0. The van der Waals surface area contributed by atoms with Crippen molar-refractivity contribution in [2.75, 3.05) is 11.9 Å². The van der Waals surface area contributed by atoms with Gasteiger partial charge >= 0.3 is 0 Å². The molecule has 0 fully saturated rings. The topological polar surface area (TPSA) is 108 Å². The number of para-hydroxylation sites is 1. The van der Waals surface area contributed by atoms with Gasteiger partial charge in [-0.15, -0.1) is 0 Å². The van der Waals surface area contributed by atoms with E-state index in [1.807, 2.05) is 13.8 Å². The average Bonchev–Trinajstić information content (AvgIpc) is 3.19. The number of nitrogens with one attached hydrogen (secondary N) is 1. The number of rotatable bonds is 6. The maximum absolute atomic E-state index is 12.5. The van der Waals surface area contributed by atoms with Gasteiger partial charge in [0, 0.05) is 11.1 Å². The number of halogens is 1. The molecule has 4 aromatic rings. The largest absolute Gasteiger partial charge is 0.484 e. The number of aromatic nitrogens is 1. The van der Waals surface area contributed by atoms with E-state index in [4.69, 9.17) is 20.8 Å². The lowest BCUT2D eigenvalue weighted by molar-refractivity contribution is -0.384. The summed E-state index contributed by atoms with van der Waals surface area (Å²) in [6.45, 7) is 3.54. The number of nitrogens with zero attached hydrogens (tertiary/aromatic N) is 2. The molecule has 0 saturated heterocycles. The normalized spacial score (nSPS) is 10.8. The van der Waals surface area contributed by atoms with Crippen molar-refractivity contribution in [3.05, 3.63) is 80.9 Å². The molecule has 3 aromatic carbocycles. The predicted molar refractivity (Wildman–Crippen MR) is 121 cm³/mol. The summed E-state index contributed by atoms with van der Waals surface area (Å²) in [6.07, 6.45) is 0. The van der Waals surface area contributed by atoms with Gasteiger partial charge < -0.3 is 14.5 Å². The van der Waals surface area contributed by atoms with Gasteiger partial charge in [0.15, 0.2) is 12.2 Å². The highest BCUT2D eigenvalue weighted by molar-refractivity contribution is 6.32. The Morgan fingerprint density at radius 1 is 1.16 bits per heavy atom. The first kappa shape index (κ1) is 21.3. The van der Waals surface area contributed by atoms with E-state index >= 15 is 0 Å². The number of fused-ring (bicyclic) bond motifs is 1. The Morgan fingerprint density at radius 3 is 2.59 bits per heavy atom. The Bertz CT molecular complexity index is 1330. The fourth-order valence-corrected chi connectivity index (χ4v) is 3.35.